The molecular formula is C32H31N3O2. The van der Waals surface area contributed by atoms with Gasteiger partial charge in [0, 0.05) is 66.4 Å². The Morgan fingerprint density at radius 1 is 0.892 bits per heavy atom. The van der Waals surface area contributed by atoms with Gasteiger partial charge in [-0.3, -0.25) is 9.78 Å². The second kappa shape index (κ2) is 11.6. The molecule has 1 unspecified atom stereocenters. The van der Waals surface area contributed by atoms with Gasteiger partial charge in [-0.2, -0.15) is 0 Å². The largest absolute Gasteiger partial charge is 0.496 e. The number of fused-ring (bicyclic) bond motifs is 1. The zero-order valence-electron chi connectivity index (χ0n) is 21.0. The van der Waals surface area contributed by atoms with E-state index in [1.165, 1.54) is 5.56 Å². The third-order valence-electron chi connectivity index (χ3n) is 6.72. The van der Waals surface area contributed by atoms with Gasteiger partial charge in [0.2, 0.25) is 5.91 Å². The molecule has 1 amide bonds. The Bertz CT molecular complexity index is 1460. The molecule has 0 saturated carbocycles. The van der Waals surface area contributed by atoms with Crippen LogP contribution < -0.4 is 10.1 Å². The van der Waals surface area contributed by atoms with Gasteiger partial charge in [-0.1, -0.05) is 72.8 Å². The van der Waals surface area contributed by atoms with E-state index in [4.69, 9.17) is 4.74 Å². The van der Waals surface area contributed by atoms with E-state index in [9.17, 15) is 4.79 Å². The maximum absolute atomic E-state index is 13.2. The van der Waals surface area contributed by atoms with Crippen molar-refractivity contribution >= 4 is 16.8 Å². The van der Waals surface area contributed by atoms with Gasteiger partial charge in [-0.15, -0.1) is 0 Å². The summed E-state index contributed by atoms with van der Waals surface area (Å²) in [5, 5.41) is 4.26. The van der Waals surface area contributed by atoms with Gasteiger partial charge in [0.15, 0.2) is 0 Å². The van der Waals surface area contributed by atoms with E-state index in [1.54, 1.807) is 13.3 Å². The predicted octanol–water partition coefficient (Wildman–Crippen LogP) is 5.97. The number of hydrogen-bond acceptors (Lipinski definition) is 3. The number of carbonyl (C=O) groups excluding carboxylic acids is 1. The highest BCUT2D eigenvalue weighted by Gasteiger charge is 2.25. The van der Waals surface area contributed by atoms with E-state index in [2.05, 4.69) is 75.7 Å². The number of amides is 1. The summed E-state index contributed by atoms with van der Waals surface area (Å²) in [5.41, 5.74) is 5.48. The lowest BCUT2D eigenvalue weighted by Crippen LogP contribution is -2.27. The lowest BCUT2D eigenvalue weighted by Gasteiger charge is -2.20. The van der Waals surface area contributed by atoms with Crippen molar-refractivity contribution in [2.75, 3.05) is 13.7 Å². The van der Waals surface area contributed by atoms with E-state index in [-0.39, 0.29) is 11.8 Å². The summed E-state index contributed by atoms with van der Waals surface area (Å²) in [7, 11) is 1.68. The highest BCUT2D eigenvalue weighted by atomic mass is 16.5. The molecule has 0 aliphatic heterocycles. The first kappa shape index (κ1) is 24.3. The van der Waals surface area contributed by atoms with Crippen LogP contribution in [0.4, 0.5) is 0 Å². The third kappa shape index (κ3) is 5.72. The van der Waals surface area contributed by atoms with E-state index in [0.717, 1.165) is 40.0 Å². The summed E-state index contributed by atoms with van der Waals surface area (Å²) in [6, 6.07) is 32.7. The summed E-state index contributed by atoms with van der Waals surface area (Å²) in [5.74, 6) is 0.633. The van der Waals surface area contributed by atoms with Crippen LogP contribution in [0, 0.1) is 0 Å². The van der Waals surface area contributed by atoms with E-state index in [0.29, 0.717) is 19.4 Å². The van der Waals surface area contributed by atoms with Crippen LogP contribution in [-0.2, 0) is 17.8 Å². The van der Waals surface area contributed by atoms with Crippen molar-refractivity contribution in [3.05, 3.63) is 132 Å². The topological polar surface area (TPSA) is 56.1 Å². The van der Waals surface area contributed by atoms with Crippen LogP contribution >= 0.6 is 0 Å². The van der Waals surface area contributed by atoms with E-state index < -0.39 is 0 Å². The number of pyridine rings is 1. The van der Waals surface area contributed by atoms with Crippen LogP contribution in [0.15, 0.2) is 109 Å². The van der Waals surface area contributed by atoms with Gasteiger partial charge >= 0.3 is 0 Å². The summed E-state index contributed by atoms with van der Waals surface area (Å²) in [6.45, 7) is 1.31. The molecule has 0 fully saturated rings. The minimum atomic E-state index is -0.159. The fourth-order valence-electron chi connectivity index (χ4n) is 4.94. The van der Waals surface area contributed by atoms with Gasteiger partial charge < -0.3 is 14.6 Å². The number of nitrogens with zero attached hydrogens (tertiary/aromatic N) is 2. The first-order valence-electron chi connectivity index (χ1n) is 12.6. The highest BCUT2D eigenvalue weighted by Crippen LogP contribution is 2.38. The Kier molecular flexibility index (Phi) is 7.60. The second-order valence-corrected chi connectivity index (χ2v) is 9.13. The smallest absolute Gasteiger partial charge is 0.220 e. The van der Waals surface area contributed by atoms with Gasteiger partial charge in [-0.25, -0.2) is 0 Å². The monoisotopic (exact) mass is 489 g/mol. The highest BCUT2D eigenvalue weighted by molar-refractivity contribution is 5.87. The minimum Gasteiger partial charge on any atom is -0.496 e. The molecule has 5 heteroatoms. The molecular weight excluding hydrogens is 458 g/mol. The average Bonchev–Trinajstić information content (AvgIpc) is 3.31. The van der Waals surface area contributed by atoms with Crippen molar-refractivity contribution in [2.24, 2.45) is 0 Å². The lowest BCUT2D eigenvalue weighted by molar-refractivity contribution is -0.121. The van der Waals surface area contributed by atoms with E-state index in [1.807, 2.05) is 42.5 Å². The van der Waals surface area contributed by atoms with Crippen LogP contribution in [-0.4, -0.2) is 29.1 Å². The molecule has 2 heterocycles. The second-order valence-electron chi connectivity index (χ2n) is 9.13. The number of rotatable bonds is 10. The molecule has 37 heavy (non-hydrogen) atoms. The number of ether oxygens (including phenoxy) is 1. The van der Waals surface area contributed by atoms with Gasteiger partial charge in [-0.05, 0) is 35.4 Å². The summed E-state index contributed by atoms with van der Waals surface area (Å²) in [4.78, 5) is 17.6. The van der Waals surface area contributed by atoms with Crippen molar-refractivity contribution in [3.63, 3.8) is 0 Å². The molecule has 0 saturated heterocycles. The molecule has 3 aromatic carbocycles. The fourth-order valence-corrected chi connectivity index (χ4v) is 4.94. The molecule has 0 radical (unpaired) electrons. The number of benzene rings is 3. The molecule has 0 aliphatic rings. The number of methoxy groups -OCH3 is 1. The molecule has 1 N–H and O–H groups in total. The number of para-hydroxylation sites is 2. The number of nitrogens with one attached hydrogen (secondary N) is 1. The normalized spacial score (nSPS) is 11.8. The maximum Gasteiger partial charge on any atom is 0.220 e. The lowest BCUT2D eigenvalue weighted by atomic mass is 9.87. The van der Waals surface area contributed by atoms with E-state index >= 15 is 0 Å². The molecule has 1 atom stereocenters. The molecule has 5 aromatic rings. The SMILES string of the molecule is COc1ccccc1C(CC(=O)NCCc1ccccn1)c1cn(Cc2ccccc2)c2ccccc12. The molecule has 0 spiro atoms. The maximum atomic E-state index is 13.2. The molecule has 5 rings (SSSR count). The van der Waals surface area contributed by atoms with Crippen LogP contribution in [0.5, 0.6) is 5.75 Å². The molecule has 0 bridgehead atoms. The molecule has 0 aliphatic carbocycles. The third-order valence-corrected chi connectivity index (χ3v) is 6.72. The van der Waals surface area contributed by atoms with Crippen molar-refractivity contribution in [3.8, 4) is 5.75 Å². The Hall–Kier alpha value is -4.38. The van der Waals surface area contributed by atoms with Crippen molar-refractivity contribution in [1.82, 2.24) is 14.9 Å². The van der Waals surface area contributed by atoms with Crippen molar-refractivity contribution in [1.29, 1.82) is 0 Å². The Labute approximate surface area is 217 Å². The number of carbonyl (C=O) groups is 1. The van der Waals surface area contributed by atoms with Crippen LogP contribution in [0.2, 0.25) is 0 Å². The van der Waals surface area contributed by atoms with Crippen LogP contribution in [0.1, 0.15) is 34.7 Å². The summed E-state index contributed by atoms with van der Waals surface area (Å²) >= 11 is 0. The number of hydrogen-bond donors (Lipinski definition) is 1. The first-order chi connectivity index (χ1) is 18.2. The van der Waals surface area contributed by atoms with Gasteiger partial charge in [0.1, 0.15) is 5.75 Å². The van der Waals surface area contributed by atoms with Crippen LogP contribution in [0.3, 0.4) is 0 Å². The zero-order chi connectivity index (χ0) is 25.5. The zero-order valence-corrected chi connectivity index (χ0v) is 21.0. The molecule has 186 valence electrons. The minimum absolute atomic E-state index is 0.00623. The Balaban J connectivity index is 1.47. The number of aromatic nitrogens is 2. The standard InChI is InChI=1S/C32H31N3O2/c1-37-31-17-8-6-15-27(31)28(21-32(36)34-20-18-25-13-9-10-19-33-25)29-23-35(22-24-11-3-2-4-12-24)30-16-7-5-14-26(29)30/h2-17,19,23,28H,18,20-22H2,1H3,(H,34,36). The summed E-state index contributed by atoms with van der Waals surface area (Å²) in [6.07, 6.45) is 5.00. The van der Waals surface area contributed by atoms with Gasteiger partial charge in [0.25, 0.3) is 0 Å². The molecule has 2 aromatic heterocycles. The average molecular weight is 490 g/mol. The first-order valence-corrected chi connectivity index (χ1v) is 12.6. The summed E-state index contributed by atoms with van der Waals surface area (Å²) < 4.78 is 8.02. The van der Waals surface area contributed by atoms with Crippen molar-refractivity contribution in [2.45, 2.75) is 25.3 Å². The van der Waals surface area contributed by atoms with Gasteiger partial charge in [0.05, 0.1) is 7.11 Å². The van der Waals surface area contributed by atoms with Crippen LogP contribution in [0.25, 0.3) is 10.9 Å². The van der Waals surface area contributed by atoms with Crippen molar-refractivity contribution < 1.29 is 9.53 Å². The quantitative estimate of drug-likeness (QED) is 0.263. The Morgan fingerprint density at radius 2 is 1.65 bits per heavy atom. The Morgan fingerprint density at radius 3 is 2.46 bits per heavy atom. The molecule has 5 nitrogen and oxygen atoms in total. The predicted molar refractivity (Wildman–Crippen MR) is 148 cm³/mol. The fraction of sp³-hybridized carbons (Fsp3) is 0.188.